The van der Waals surface area contributed by atoms with Gasteiger partial charge in [-0.2, -0.15) is 0 Å². The molecule has 1 aliphatic carbocycles. The maximum Gasteiger partial charge on any atom is 0.243 e. The molecule has 1 aliphatic rings. The number of aliphatic hydroxyl groups excluding tert-OH is 1. The van der Waals surface area contributed by atoms with Gasteiger partial charge in [0, 0.05) is 11.7 Å². The van der Waals surface area contributed by atoms with E-state index in [1.165, 1.54) is 6.07 Å². The zero-order valence-electron chi connectivity index (χ0n) is 10.3. The number of nitrogen functional groups attached to an aromatic ring is 1. The Morgan fingerprint density at radius 1 is 1.32 bits per heavy atom. The first-order valence-corrected chi connectivity index (χ1v) is 7.64. The van der Waals surface area contributed by atoms with E-state index < -0.39 is 32.9 Å². The van der Waals surface area contributed by atoms with Gasteiger partial charge < -0.3 is 10.8 Å². The minimum Gasteiger partial charge on any atom is -0.399 e. The van der Waals surface area contributed by atoms with Crippen molar-refractivity contribution in [2.24, 2.45) is 0 Å². The van der Waals surface area contributed by atoms with Gasteiger partial charge in [0.05, 0.1) is 6.10 Å². The van der Waals surface area contributed by atoms with Crippen molar-refractivity contribution in [3.05, 3.63) is 24.0 Å². The molecule has 0 heterocycles. The van der Waals surface area contributed by atoms with Gasteiger partial charge in [-0.25, -0.2) is 17.5 Å². The van der Waals surface area contributed by atoms with Crippen molar-refractivity contribution in [3.63, 3.8) is 0 Å². The van der Waals surface area contributed by atoms with E-state index >= 15 is 0 Å². The van der Waals surface area contributed by atoms with Crippen molar-refractivity contribution in [3.8, 4) is 0 Å². The number of nitrogens with one attached hydrogen (secondary N) is 1. The largest absolute Gasteiger partial charge is 0.399 e. The third kappa shape index (κ3) is 3.23. The molecule has 1 aromatic rings. The van der Waals surface area contributed by atoms with Crippen LogP contribution >= 0.6 is 0 Å². The molecule has 1 fully saturated rings. The van der Waals surface area contributed by atoms with Gasteiger partial charge in [0.25, 0.3) is 0 Å². The molecule has 0 spiro atoms. The Labute approximate surface area is 111 Å². The van der Waals surface area contributed by atoms with E-state index in [2.05, 4.69) is 4.72 Å². The average Bonchev–Trinajstić information content (AvgIpc) is 2.31. The van der Waals surface area contributed by atoms with E-state index in [9.17, 15) is 17.9 Å². The summed E-state index contributed by atoms with van der Waals surface area (Å²) >= 11 is 0. The highest BCUT2D eigenvalue weighted by molar-refractivity contribution is 7.89. The summed E-state index contributed by atoms with van der Waals surface area (Å²) < 4.78 is 40.1. The number of sulfonamides is 1. The highest BCUT2D eigenvalue weighted by atomic mass is 32.2. The van der Waals surface area contributed by atoms with Crippen LogP contribution in [0.3, 0.4) is 0 Å². The van der Waals surface area contributed by atoms with Gasteiger partial charge in [0.15, 0.2) is 0 Å². The van der Waals surface area contributed by atoms with Crippen LogP contribution in [0.4, 0.5) is 10.1 Å². The summed E-state index contributed by atoms with van der Waals surface area (Å²) in [6.45, 7) is 0. The maximum atomic E-state index is 13.6. The van der Waals surface area contributed by atoms with Gasteiger partial charge in [0.2, 0.25) is 10.0 Å². The predicted molar refractivity (Wildman–Crippen MR) is 69.4 cm³/mol. The molecular formula is C12H17FN2O3S. The molecule has 0 radical (unpaired) electrons. The number of anilines is 1. The standard InChI is InChI=1S/C12H17FN2O3S/c13-9-7-8(14)5-6-12(9)19(17,18)15-10-3-1-2-4-11(10)16/h5-7,10-11,15-16H,1-4,14H2. The summed E-state index contributed by atoms with van der Waals surface area (Å²) in [6, 6.07) is 2.86. The Hall–Kier alpha value is -1.18. The van der Waals surface area contributed by atoms with E-state index in [1.807, 2.05) is 0 Å². The van der Waals surface area contributed by atoms with Gasteiger partial charge >= 0.3 is 0 Å². The Morgan fingerprint density at radius 3 is 2.63 bits per heavy atom. The summed E-state index contributed by atoms with van der Waals surface area (Å²) in [5.74, 6) is -0.891. The van der Waals surface area contributed by atoms with Gasteiger partial charge in [-0.15, -0.1) is 0 Å². The van der Waals surface area contributed by atoms with Gasteiger partial charge in [0.1, 0.15) is 10.7 Å². The molecule has 1 saturated carbocycles. The first-order chi connectivity index (χ1) is 8.90. The molecule has 19 heavy (non-hydrogen) atoms. The second kappa shape index (κ2) is 5.44. The lowest BCUT2D eigenvalue weighted by molar-refractivity contribution is 0.101. The average molecular weight is 288 g/mol. The molecule has 0 aromatic heterocycles. The van der Waals surface area contributed by atoms with Crippen LogP contribution in [0.25, 0.3) is 0 Å². The summed E-state index contributed by atoms with van der Waals surface area (Å²) in [4.78, 5) is -0.445. The third-order valence-corrected chi connectivity index (χ3v) is 4.80. The minimum atomic E-state index is -3.98. The Morgan fingerprint density at radius 2 is 2.00 bits per heavy atom. The molecule has 0 aliphatic heterocycles. The number of nitrogens with two attached hydrogens (primary N) is 1. The Bertz CT molecular complexity index is 562. The van der Waals surface area contributed by atoms with Crippen LogP contribution in [0, 0.1) is 5.82 Å². The predicted octanol–water partition coefficient (Wildman–Crippen LogP) is 0.990. The van der Waals surface area contributed by atoms with Crippen LogP contribution < -0.4 is 10.5 Å². The van der Waals surface area contributed by atoms with Crippen LogP contribution in [0.1, 0.15) is 25.7 Å². The summed E-state index contributed by atoms with van der Waals surface area (Å²) in [5, 5.41) is 9.75. The van der Waals surface area contributed by atoms with Crippen molar-refractivity contribution >= 4 is 15.7 Å². The SMILES string of the molecule is Nc1ccc(S(=O)(=O)NC2CCCCC2O)c(F)c1. The maximum absolute atomic E-state index is 13.6. The van der Waals surface area contributed by atoms with E-state index in [0.717, 1.165) is 25.0 Å². The third-order valence-electron chi connectivity index (χ3n) is 3.28. The molecular weight excluding hydrogens is 271 g/mol. The summed E-state index contributed by atoms with van der Waals surface area (Å²) in [5.41, 5.74) is 5.54. The fourth-order valence-electron chi connectivity index (χ4n) is 2.25. The van der Waals surface area contributed by atoms with Crippen molar-refractivity contribution in [2.75, 3.05) is 5.73 Å². The lowest BCUT2D eigenvalue weighted by atomic mass is 9.93. The second-order valence-corrected chi connectivity index (χ2v) is 6.45. The molecule has 106 valence electrons. The monoisotopic (exact) mass is 288 g/mol. The van der Waals surface area contributed by atoms with Gasteiger partial charge in [-0.3, -0.25) is 0 Å². The molecule has 2 rings (SSSR count). The molecule has 2 unspecified atom stereocenters. The molecule has 0 amide bonds. The van der Waals surface area contributed by atoms with E-state index in [4.69, 9.17) is 5.73 Å². The minimum absolute atomic E-state index is 0.161. The van der Waals surface area contributed by atoms with Crippen molar-refractivity contribution < 1.29 is 17.9 Å². The van der Waals surface area contributed by atoms with Gasteiger partial charge in [-0.1, -0.05) is 12.8 Å². The van der Waals surface area contributed by atoms with Crippen LogP contribution in [0.15, 0.2) is 23.1 Å². The topological polar surface area (TPSA) is 92.4 Å². The van der Waals surface area contributed by atoms with Crippen molar-refractivity contribution in [2.45, 2.75) is 42.7 Å². The molecule has 2 atom stereocenters. The number of hydrogen-bond acceptors (Lipinski definition) is 4. The molecule has 0 saturated heterocycles. The van der Waals surface area contributed by atoms with E-state index in [-0.39, 0.29) is 5.69 Å². The second-order valence-electron chi connectivity index (χ2n) is 4.77. The molecule has 5 nitrogen and oxygen atoms in total. The number of aliphatic hydroxyl groups is 1. The quantitative estimate of drug-likeness (QED) is 0.723. The van der Waals surface area contributed by atoms with E-state index in [0.29, 0.717) is 12.8 Å². The molecule has 1 aromatic carbocycles. The number of halogens is 1. The zero-order chi connectivity index (χ0) is 14.0. The van der Waals surface area contributed by atoms with Crippen LogP contribution in [-0.4, -0.2) is 25.7 Å². The van der Waals surface area contributed by atoms with Crippen LogP contribution in [0.5, 0.6) is 0 Å². The highest BCUT2D eigenvalue weighted by Gasteiger charge is 2.29. The molecule has 4 N–H and O–H groups in total. The normalized spacial score (nSPS) is 24.3. The number of benzene rings is 1. The van der Waals surface area contributed by atoms with E-state index in [1.54, 1.807) is 0 Å². The first-order valence-electron chi connectivity index (χ1n) is 6.15. The fourth-order valence-corrected chi connectivity index (χ4v) is 3.61. The molecule has 0 bridgehead atoms. The summed E-state index contributed by atoms with van der Waals surface area (Å²) in [6.07, 6.45) is 2.10. The Balaban J connectivity index is 2.22. The van der Waals surface area contributed by atoms with Crippen LogP contribution in [-0.2, 0) is 10.0 Å². The smallest absolute Gasteiger partial charge is 0.243 e. The number of hydrogen-bond donors (Lipinski definition) is 3. The molecule has 7 heteroatoms. The first kappa shape index (κ1) is 14.2. The van der Waals surface area contributed by atoms with Crippen LogP contribution in [0.2, 0.25) is 0 Å². The highest BCUT2D eigenvalue weighted by Crippen LogP contribution is 2.22. The zero-order valence-corrected chi connectivity index (χ0v) is 11.2. The Kier molecular flexibility index (Phi) is 4.07. The van der Waals surface area contributed by atoms with Gasteiger partial charge in [-0.05, 0) is 31.0 Å². The van der Waals surface area contributed by atoms with Crippen molar-refractivity contribution in [1.29, 1.82) is 0 Å². The fraction of sp³-hybridized carbons (Fsp3) is 0.500. The number of rotatable bonds is 3. The van der Waals surface area contributed by atoms with Crippen molar-refractivity contribution in [1.82, 2.24) is 4.72 Å². The lowest BCUT2D eigenvalue weighted by Crippen LogP contribution is -2.45. The summed E-state index contributed by atoms with van der Waals surface area (Å²) in [7, 11) is -3.98. The lowest BCUT2D eigenvalue weighted by Gasteiger charge is -2.28.